The molecule has 140 valence electrons. The van der Waals surface area contributed by atoms with Gasteiger partial charge in [-0.15, -0.1) is 0 Å². The first-order chi connectivity index (χ1) is 12.5. The standard InChI is InChI=1S/C19H27N5O2/c1-22(2)19(25)16-4-5-18(20-13-16)26-17-7-10-24(11-8-17)9-6-15-12-21-23(3)14-15/h4-5,12-14,17H,6-11H2,1-3H3. The van der Waals surface area contributed by atoms with Gasteiger partial charge in [0.15, 0.2) is 0 Å². The Hall–Kier alpha value is -2.41. The monoisotopic (exact) mass is 357 g/mol. The second kappa shape index (κ2) is 8.31. The zero-order chi connectivity index (χ0) is 18.5. The predicted molar refractivity (Wildman–Crippen MR) is 99.3 cm³/mol. The van der Waals surface area contributed by atoms with E-state index in [1.54, 1.807) is 37.3 Å². The van der Waals surface area contributed by atoms with Crippen LogP contribution in [0.3, 0.4) is 0 Å². The molecule has 3 rings (SSSR count). The lowest BCUT2D eigenvalue weighted by atomic mass is 10.1. The molecule has 26 heavy (non-hydrogen) atoms. The van der Waals surface area contributed by atoms with Crippen molar-refractivity contribution in [2.24, 2.45) is 7.05 Å². The highest BCUT2D eigenvalue weighted by molar-refractivity contribution is 5.93. The molecule has 0 saturated carbocycles. The first kappa shape index (κ1) is 18.4. The van der Waals surface area contributed by atoms with Crippen molar-refractivity contribution in [2.45, 2.75) is 25.4 Å². The maximum Gasteiger partial charge on any atom is 0.254 e. The molecule has 0 atom stereocenters. The number of aryl methyl sites for hydroxylation is 1. The number of likely N-dealkylation sites (tertiary alicyclic amines) is 1. The molecule has 0 aromatic carbocycles. The Balaban J connectivity index is 1.43. The van der Waals surface area contributed by atoms with Crippen LogP contribution in [0.25, 0.3) is 0 Å². The van der Waals surface area contributed by atoms with Gasteiger partial charge in [0.2, 0.25) is 5.88 Å². The molecule has 1 fully saturated rings. The van der Waals surface area contributed by atoms with Crippen LogP contribution in [0, 0.1) is 0 Å². The van der Waals surface area contributed by atoms with E-state index in [0.717, 1.165) is 38.9 Å². The number of amides is 1. The van der Waals surface area contributed by atoms with Gasteiger partial charge >= 0.3 is 0 Å². The van der Waals surface area contributed by atoms with Crippen LogP contribution < -0.4 is 4.74 Å². The van der Waals surface area contributed by atoms with Gasteiger partial charge in [-0.2, -0.15) is 5.10 Å². The van der Waals surface area contributed by atoms with Gasteiger partial charge < -0.3 is 14.5 Å². The predicted octanol–water partition coefficient (Wildman–Crippen LogP) is 1.60. The number of carbonyl (C=O) groups is 1. The van der Waals surface area contributed by atoms with E-state index in [1.165, 1.54) is 5.56 Å². The molecule has 0 radical (unpaired) electrons. The normalized spacial score (nSPS) is 15.8. The van der Waals surface area contributed by atoms with E-state index in [-0.39, 0.29) is 12.0 Å². The number of carbonyl (C=O) groups excluding carboxylic acids is 1. The Morgan fingerprint density at radius 3 is 2.62 bits per heavy atom. The topological polar surface area (TPSA) is 63.5 Å². The van der Waals surface area contributed by atoms with Gasteiger partial charge in [0.1, 0.15) is 6.10 Å². The van der Waals surface area contributed by atoms with Crippen LogP contribution in [-0.4, -0.2) is 70.3 Å². The van der Waals surface area contributed by atoms with E-state index < -0.39 is 0 Å². The maximum absolute atomic E-state index is 11.9. The minimum absolute atomic E-state index is 0.0500. The number of hydrogen-bond acceptors (Lipinski definition) is 5. The highest BCUT2D eigenvalue weighted by Crippen LogP contribution is 2.18. The molecule has 0 bridgehead atoms. The minimum atomic E-state index is -0.0500. The smallest absolute Gasteiger partial charge is 0.254 e. The van der Waals surface area contributed by atoms with Crippen LogP contribution in [0.4, 0.5) is 0 Å². The minimum Gasteiger partial charge on any atom is -0.474 e. The van der Waals surface area contributed by atoms with Crippen LogP contribution in [0.2, 0.25) is 0 Å². The zero-order valence-corrected chi connectivity index (χ0v) is 15.8. The van der Waals surface area contributed by atoms with E-state index in [0.29, 0.717) is 11.4 Å². The lowest BCUT2D eigenvalue weighted by Gasteiger charge is -2.31. The van der Waals surface area contributed by atoms with Gasteiger partial charge in [0, 0.05) is 59.2 Å². The van der Waals surface area contributed by atoms with Crippen molar-refractivity contribution in [1.29, 1.82) is 0 Å². The fourth-order valence-corrected chi connectivity index (χ4v) is 3.14. The summed E-state index contributed by atoms with van der Waals surface area (Å²) in [5.41, 5.74) is 1.86. The average Bonchev–Trinajstić information content (AvgIpc) is 3.06. The van der Waals surface area contributed by atoms with Gasteiger partial charge in [0.05, 0.1) is 11.8 Å². The number of rotatable bonds is 6. The van der Waals surface area contributed by atoms with Crippen LogP contribution in [0.1, 0.15) is 28.8 Å². The lowest BCUT2D eigenvalue weighted by molar-refractivity contribution is 0.0826. The Morgan fingerprint density at radius 2 is 2.04 bits per heavy atom. The summed E-state index contributed by atoms with van der Waals surface area (Å²) in [5.74, 6) is 0.542. The SMILES string of the molecule is CN(C)C(=O)c1ccc(OC2CCN(CCc3cnn(C)c3)CC2)nc1. The molecule has 2 aromatic heterocycles. The van der Waals surface area contributed by atoms with Crippen molar-refractivity contribution >= 4 is 5.91 Å². The Bertz CT molecular complexity index is 718. The summed E-state index contributed by atoms with van der Waals surface area (Å²) in [6.07, 6.45) is 8.80. The molecule has 3 heterocycles. The van der Waals surface area contributed by atoms with Gasteiger partial charge in [-0.25, -0.2) is 4.98 Å². The summed E-state index contributed by atoms with van der Waals surface area (Å²) >= 11 is 0. The first-order valence-corrected chi connectivity index (χ1v) is 9.05. The molecule has 0 spiro atoms. The number of nitrogens with zero attached hydrogens (tertiary/aromatic N) is 5. The maximum atomic E-state index is 11.9. The van der Waals surface area contributed by atoms with Gasteiger partial charge in [-0.05, 0) is 30.9 Å². The second-order valence-corrected chi connectivity index (χ2v) is 7.02. The summed E-state index contributed by atoms with van der Waals surface area (Å²) in [7, 11) is 5.41. The Kier molecular flexibility index (Phi) is 5.88. The number of pyridine rings is 1. The molecule has 1 saturated heterocycles. The van der Waals surface area contributed by atoms with Crippen molar-refractivity contribution in [3.05, 3.63) is 41.9 Å². The van der Waals surface area contributed by atoms with Crippen molar-refractivity contribution < 1.29 is 9.53 Å². The van der Waals surface area contributed by atoms with Gasteiger partial charge in [0.25, 0.3) is 5.91 Å². The van der Waals surface area contributed by atoms with Crippen molar-refractivity contribution in [3.8, 4) is 5.88 Å². The van der Waals surface area contributed by atoms with E-state index in [1.807, 2.05) is 17.9 Å². The van der Waals surface area contributed by atoms with Gasteiger partial charge in [-0.3, -0.25) is 9.48 Å². The summed E-state index contributed by atoms with van der Waals surface area (Å²) in [4.78, 5) is 20.2. The molecular weight excluding hydrogens is 330 g/mol. The summed E-state index contributed by atoms with van der Waals surface area (Å²) in [5, 5.41) is 4.21. The quantitative estimate of drug-likeness (QED) is 0.786. The van der Waals surface area contributed by atoms with Crippen LogP contribution in [0.15, 0.2) is 30.7 Å². The fourth-order valence-electron chi connectivity index (χ4n) is 3.14. The molecule has 7 nitrogen and oxygen atoms in total. The van der Waals surface area contributed by atoms with Gasteiger partial charge in [-0.1, -0.05) is 0 Å². The largest absolute Gasteiger partial charge is 0.474 e. The molecule has 0 N–H and O–H groups in total. The number of piperidine rings is 1. The summed E-state index contributed by atoms with van der Waals surface area (Å²) < 4.78 is 7.84. The van der Waals surface area contributed by atoms with Crippen LogP contribution in [-0.2, 0) is 13.5 Å². The number of aromatic nitrogens is 3. The van der Waals surface area contributed by atoms with E-state index in [4.69, 9.17) is 4.74 Å². The van der Waals surface area contributed by atoms with E-state index >= 15 is 0 Å². The molecule has 1 aliphatic heterocycles. The molecule has 7 heteroatoms. The molecule has 0 aliphatic carbocycles. The van der Waals surface area contributed by atoms with Crippen molar-refractivity contribution in [2.75, 3.05) is 33.7 Å². The average molecular weight is 357 g/mol. The first-order valence-electron chi connectivity index (χ1n) is 9.05. The van der Waals surface area contributed by atoms with E-state index in [2.05, 4.69) is 21.2 Å². The molecule has 1 amide bonds. The Morgan fingerprint density at radius 1 is 1.27 bits per heavy atom. The molecular formula is C19H27N5O2. The highest BCUT2D eigenvalue weighted by atomic mass is 16.5. The van der Waals surface area contributed by atoms with Crippen molar-refractivity contribution in [1.82, 2.24) is 24.6 Å². The molecule has 0 unspecified atom stereocenters. The molecule has 2 aromatic rings. The third-order valence-corrected chi connectivity index (χ3v) is 4.69. The summed E-state index contributed by atoms with van der Waals surface area (Å²) in [6.45, 7) is 3.11. The second-order valence-electron chi connectivity index (χ2n) is 7.02. The van der Waals surface area contributed by atoms with Crippen LogP contribution >= 0.6 is 0 Å². The summed E-state index contributed by atoms with van der Waals surface area (Å²) in [6, 6.07) is 3.55. The number of ether oxygens (including phenoxy) is 1. The third-order valence-electron chi connectivity index (χ3n) is 4.69. The van der Waals surface area contributed by atoms with Crippen molar-refractivity contribution in [3.63, 3.8) is 0 Å². The molecule has 1 aliphatic rings. The zero-order valence-electron chi connectivity index (χ0n) is 15.8. The Labute approximate surface area is 154 Å². The highest BCUT2D eigenvalue weighted by Gasteiger charge is 2.21. The third kappa shape index (κ3) is 4.82. The number of hydrogen-bond donors (Lipinski definition) is 0. The lowest BCUT2D eigenvalue weighted by Crippen LogP contribution is -2.39. The van der Waals surface area contributed by atoms with E-state index in [9.17, 15) is 4.79 Å². The fraction of sp³-hybridized carbons (Fsp3) is 0.526. The van der Waals surface area contributed by atoms with Crippen LogP contribution in [0.5, 0.6) is 5.88 Å².